The van der Waals surface area contributed by atoms with E-state index in [1.165, 1.54) is 4.88 Å². The molecule has 0 fully saturated rings. The molecule has 0 bridgehead atoms. The van der Waals surface area contributed by atoms with Crippen molar-refractivity contribution in [1.82, 2.24) is 10.6 Å². The summed E-state index contributed by atoms with van der Waals surface area (Å²) < 4.78 is 1.09. The van der Waals surface area contributed by atoms with E-state index in [9.17, 15) is 4.79 Å². The minimum absolute atomic E-state index is 0.0671. The van der Waals surface area contributed by atoms with Crippen molar-refractivity contribution in [3.8, 4) is 0 Å². The number of rotatable bonds is 6. The molecule has 0 aliphatic rings. The number of carbonyl (C=O) groups is 1. The summed E-state index contributed by atoms with van der Waals surface area (Å²) in [6.45, 7) is 5.40. The summed E-state index contributed by atoms with van der Waals surface area (Å²) in [6.07, 6.45) is 0.969. The maximum atomic E-state index is 11.5. The minimum Gasteiger partial charge on any atom is -0.355 e. The van der Waals surface area contributed by atoms with Crippen LogP contribution in [0, 0.1) is 0 Å². The molecule has 1 unspecified atom stereocenters. The summed E-state index contributed by atoms with van der Waals surface area (Å²) in [5.41, 5.74) is 0. The van der Waals surface area contributed by atoms with Gasteiger partial charge in [-0.05, 0) is 35.3 Å². The Labute approximate surface area is 109 Å². The van der Waals surface area contributed by atoms with Crippen LogP contribution in [-0.2, 0) is 11.3 Å². The maximum Gasteiger partial charge on any atom is 0.236 e. The lowest BCUT2D eigenvalue weighted by Gasteiger charge is -2.12. The average molecular weight is 305 g/mol. The van der Waals surface area contributed by atoms with Crippen molar-refractivity contribution < 1.29 is 4.79 Å². The topological polar surface area (TPSA) is 41.1 Å². The lowest BCUT2D eigenvalue weighted by Crippen LogP contribution is -2.41. The van der Waals surface area contributed by atoms with Gasteiger partial charge in [-0.25, -0.2) is 0 Å². The second-order valence-electron chi connectivity index (χ2n) is 3.62. The Bertz CT molecular complexity index is 340. The standard InChI is InChI=1S/C11H17BrN2OS/c1-3-4-13-11(15)8(2)14-6-10-5-9(12)7-16-10/h5,7-8,14H,3-4,6H2,1-2H3,(H,13,15). The first kappa shape index (κ1) is 13.7. The lowest BCUT2D eigenvalue weighted by atomic mass is 10.3. The number of thiophene rings is 1. The number of hydrogen-bond donors (Lipinski definition) is 2. The summed E-state index contributed by atoms with van der Waals surface area (Å²) in [7, 11) is 0. The van der Waals surface area contributed by atoms with Crippen LogP contribution in [0.4, 0.5) is 0 Å². The van der Waals surface area contributed by atoms with Gasteiger partial charge in [0.15, 0.2) is 0 Å². The van der Waals surface area contributed by atoms with Crippen LogP contribution in [0.15, 0.2) is 15.9 Å². The van der Waals surface area contributed by atoms with E-state index in [-0.39, 0.29) is 11.9 Å². The third-order valence-electron chi connectivity index (χ3n) is 2.15. The molecule has 1 aromatic rings. The molecule has 5 heteroatoms. The van der Waals surface area contributed by atoms with Crippen LogP contribution in [0.2, 0.25) is 0 Å². The highest BCUT2D eigenvalue weighted by Crippen LogP contribution is 2.19. The second kappa shape index (κ2) is 7.04. The van der Waals surface area contributed by atoms with E-state index in [1.54, 1.807) is 11.3 Å². The molecule has 1 rings (SSSR count). The summed E-state index contributed by atoms with van der Waals surface area (Å²) in [4.78, 5) is 12.8. The third kappa shape index (κ3) is 4.63. The molecule has 0 aliphatic heterocycles. The molecule has 1 atom stereocenters. The Morgan fingerprint density at radius 2 is 2.38 bits per heavy atom. The predicted octanol–water partition coefficient (Wildman–Crippen LogP) is 2.51. The molecule has 0 aliphatic carbocycles. The molecule has 2 N–H and O–H groups in total. The zero-order valence-corrected chi connectivity index (χ0v) is 12.0. The van der Waals surface area contributed by atoms with Crippen molar-refractivity contribution in [2.75, 3.05) is 6.54 Å². The molecule has 0 aromatic carbocycles. The SMILES string of the molecule is CCCNC(=O)C(C)NCc1cc(Br)cs1. The Balaban J connectivity index is 2.29. The van der Waals surface area contributed by atoms with Gasteiger partial charge < -0.3 is 10.6 Å². The molecule has 0 radical (unpaired) electrons. The minimum atomic E-state index is -0.146. The van der Waals surface area contributed by atoms with E-state index in [2.05, 4.69) is 32.6 Å². The average Bonchev–Trinajstić information content (AvgIpc) is 2.68. The van der Waals surface area contributed by atoms with Crippen molar-refractivity contribution in [3.05, 3.63) is 20.8 Å². The summed E-state index contributed by atoms with van der Waals surface area (Å²) in [5.74, 6) is 0.0671. The number of nitrogens with one attached hydrogen (secondary N) is 2. The van der Waals surface area contributed by atoms with Gasteiger partial charge >= 0.3 is 0 Å². The highest BCUT2D eigenvalue weighted by Gasteiger charge is 2.11. The van der Waals surface area contributed by atoms with Crippen LogP contribution in [0.3, 0.4) is 0 Å². The van der Waals surface area contributed by atoms with Crippen LogP contribution in [0.25, 0.3) is 0 Å². The second-order valence-corrected chi connectivity index (χ2v) is 5.54. The Hall–Kier alpha value is -0.390. The fourth-order valence-electron chi connectivity index (χ4n) is 1.19. The third-order valence-corrected chi connectivity index (χ3v) is 3.84. The van der Waals surface area contributed by atoms with E-state index >= 15 is 0 Å². The zero-order valence-electron chi connectivity index (χ0n) is 9.55. The van der Waals surface area contributed by atoms with Gasteiger partial charge in [0, 0.05) is 27.8 Å². The summed E-state index contributed by atoms with van der Waals surface area (Å²) in [5, 5.41) is 8.11. The molecule has 0 saturated carbocycles. The fourth-order valence-corrected chi connectivity index (χ4v) is 2.60. The molecule has 1 aromatic heterocycles. The van der Waals surface area contributed by atoms with Crippen LogP contribution in [0.1, 0.15) is 25.1 Å². The van der Waals surface area contributed by atoms with Crippen LogP contribution in [-0.4, -0.2) is 18.5 Å². The van der Waals surface area contributed by atoms with E-state index in [4.69, 9.17) is 0 Å². The van der Waals surface area contributed by atoms with Gasteiger partial charge in [-0.15, -0.1) is 11.3 Å². The largest absolute Gasteiger partial charge is 0.355 e. The van der Waals surface area contributed by atoms with E-state index < -0.39 is 0 Å². The summed E-state index contributed by atoms with van der Waals surface area (Å²) in [6, 6.07) is 1.92. The van der Waals surface area contributed by atoms with Gasteiger partial charge in [0.25, 0.3) is 0 Å². The molecule has 90 valence electrons. The normalized spacial score (nSPS) is 12.4. The maximum absolute atomic E-state index is 11.5. The zero-order chi connectivity index (χ0) is 12.0. The van der Waals surface area contributed by atoms with Gasteiger partial charge in [0.2, 0.25) is 5.91 Å². The molecule has 1 heterocycles. The fraction of sp³-hybridized carbons (Fsp3) is 0.545. The van der Waals surface area contributed by atoms with Crippen LogP contribution < -0.4 is 10.6 Å². The van der Waals surface area contributed by atoms with E-state index in [0.717, 1.165) is 24.0 Å². The van der Waals surface area contributed by atoms with E-state index in [0.29, 0.717) is 0 Å². The summed E-state index contributed by atoms with van der Waals surface area (Å²) >= 11 is 5.09. The van der Waals surface area contributed by atoms with Crippen molar-refractivity contribution in [2.24, 2.45) is 0 Å². The van der Waals surface area contributed by atoms with Crippen molar-refractivity contribution in [2.45, 2.75) is 32.9 Å². The number of carbonyl (C=O) groups excluding carboxylic acids is 1. The first-order valence-electron chi connectivity index (χ1n) is 5.37. The van der Waals surface area contributed by atoms with Crippen molar-refractivity contribution in [3.63, 3.8) is 0 Å². The van der Waals surface area contributed by atoms with E-state index in [1.807, 2.05) is 19.2 Å². The van der Waals surface area contributed by atoms with Gasteiger partial charge in [-0.1, -0.05) is 6.92 Å². The van der Waals surface area contributed by atoms with Crippen LogP contribution >= 0.6 is 27.3 Å². The number of amides is 1. The smallest absolute Gasteiger partial charge is 0.236 e. The highest BCUT2D eigenvalue weighted by molar-refractivity contribution is 9.10. The van der Waals surface area contributed by atoms with Crippen molar-refractivity contribution in [1.29, 1.82) is 0 Å². The van der Waals surface area contributed by atoms with Crippen molar-refractivity contribution >= 4 is 33.2 Å². The Kier molecular flexibility index (Phi) is 6.01. The molecule has 0 spiro atoms. The van der Waals surface area contributed by atoms with Crippen LogP contribution in [0.5, 0.6) is 0 Å². The van der Waals surface area contributed by atoms with Gasteiger partial charge in [-0.3, -0.25) is 4.79 Å². The Morgan fingerprint density at radius 3 is 2.94 bits per heavy atom. The van der Waals surface area contributed by atoms with Gasteiger partial charge in [0.05, 0.1) is 6.04 Å². The Morgan fingerprint density at radius 1 is 1.62 bits per heavy atom. The first-order valence-corrected chi connectivity index (χ1v) is 7.04. The molecule has 3 nitrogen and oxygen atoms in total. The molecule has 0 saturated heterocycles. The first-order chi connectivity index (χ1) is 7.63. The monoisotopic (exact) mass is 304 g/mol. The molecular weight excluding hydrogens is 288 g/mol. The van der Waals surface area contributed by atoms with Gasteiger partial charge in [-0.2, -0.15) is 0 Å². The number of hydrogen-bond acceptors (Lipinski definition) is 3. The molecule has 16 heavy (non-hydrogen) atoms. The lowest BCUT2D eigenvalue weighted by molar-refractivity contribution is -0.122. The quantitative estimate of drug-likeness (QED) is 0.848. The van der Waals surface area contributed by atoms with Gasteiger partial charge in [0.1, 0.15) is 0 Å². The number of halogens is 1. The predicted molar refractivity (Wildman–Crippen MR) is 71.6 cm³/mol. The highest BCUT2D eigenvalue weighted by atomic mass is 79.9. The molecular formula is C11H17BrN2OS. The molecule has 1 amide bonds.